The van der Waals surface area contributed by atoms with Crippen molar-refractivity contribution >= 4 is 21.7 Å². The summed E-state index contributed by atoms with van der Waals surface area (Å²) in [4.78, 5) is 35.3. The quantitative estimate of drug-likeness (QED) is 0.480. The summed E-state index contributed by atoms with van der Waals surface area (Å²) in [6.07, 6.45) is -2.12. The highest BCUT2D eigenvalue weighted by atomic mass is 32.2. The lowest BCUT2D eigenvalue weighted by Crippen LogP contribution is -2.29. The summed E-state index contributed by atoms with van der Waals surface area (Å²) in [5.41, 5.74) is 4.70. The fourth-order valence-corrected chi connectivity index (χ4v) is 3.45. The van der Waals surface area contributed by atoms with Gasteiger partial charge in [0, 0.05) is 17.9 Å². The summed E-state index contributed by atoms with van der Waals surface area (Å²) in [5.74, 6) is -2.36. The Hall–Kier alpha value is -4.08. The van der Waals surface area contributed by atoms with E-state index < -0.39 is 50.3 Å². The largest absolute Gasteiger partial charge is 0.573 e. The highest BCUT2D eigenvalue weighted by Crippen LogP contribution is 2.27. The highest BCUT2D eigenvalue weighted by Gasteiger charge is 2.32. The molecule has 2 amide bonds. The van der Waals surface area contributed by atoms with E-state index in [9.17, 15) is 31.2 Å². The summed E-state index contributed by atoms with van der Waals surface area (Å²) in [6, 6.07) is 2.67. The van der Waals surface area contributed by atoms with Crippen LogP contribution >= 0.6 is 0 Å². The smallest absolute Gasteiger partial charge is 0.406 e. The lowest BCUT2D eigenvalue weighted by atomic mass is 10.2. The first kappa shape index (κ1) is 24.6. The number of aromatic nitrogens is 5. The molecule has 2 heterocycles. The molecular formula is C18H16F3N7O5S. The second-order valence-electron chi connectivity index (χ2n) is 6.86. The van der Waals surface area contributed by atoms with Gasteiger partial charge in [-0.05, 0) is 25.1 Å². The Kier molecular flexibility index (Phi) is 6.53. The molecule has 0 fully saturated rings. The highest BCUT2D eigenvalue weighted by molar-refractivity contribution is 7.90. The Labute approximate surface area is 189 Å². The maximum absolute atomic E-state index is 12.8. The van der Waals surface area contributed by atoms with Gasteiger partial charge >= 0.3 is 6.36 Å². The molecule has 12 nitrogen and oxygen atoms in total. The number of carbonyl (C=O) groups is 2. The summed E-state index contributed by atoms with van der Waals surface area (Å²) in [5, 5.41) is 6.46. The standard InChI is InChI=1S/C18H16F3N7O5S/c1-9(16-25-8-26-28(16)14-6-13(15(22)29)23-7-24-14)27-17(30)10-3-11(33-18(19,20)21)5-12(4-10)34(2,31)32/h3-9H,1-2H3,(H2,22,29)(H,27,30)/t9-/m0/s1. The monoisotopic (exact) mass is 499 g/mol. The maximum Gasteiger partial charge on any atom is 0.573 e. The minimum absolute atomic E-state index is 0.0991. The van der Waals surface area contributed by atoms with Gasteiger partial charge in [0.1, 0.15) is 24.1 Å². The Morgan fingerprint density at radius 1 is 1.12 bits per heavy atom. The van der Waals surface area contributed by atoms with Gasteiger partial charge in [0.15, 0.2) is 21.5 Å². The fraction of sp³-hybridized carbons (Fsp3) is 0.222. The number of halogens is 3. The minimum atomic E-state index is -5.10. The molecule has 3 N–H and O–H groups in total. The van der Waals surface area contributed by atoms with E-state index in [1.165, 1.54) is 17.7 Å². The molecule has 1 aromatic carbocycles. The van der Waals surface area contributed by atoms with E-state index in [0.717, 1.165) is 31.0 Å². The van der Waals surface area contributed by atoms with Gasteiger partial charge in [-0.15, -0.1) is 13.2 Å². The third kappa shape index (κ3) is 5.83. The van der Waals surface area contributed by atoms with E-state index in [2.05, 4.69) is 30.1 Å². The van der Waals surface area contributed by atoms with Gasteiger partial charge in [-0.2, -0.15) is 9.78 Å². The van der Waals surface area contributed by atoms with Gasteiger partial charge in [0.25, 0.3) is 11.8 Å². The summed E-state index contributed by atoms with van der Waals surface area (Å²) in [7, 11) is -3.97. The fourth-order valence-electron chi connectivity index (χ4n) is 2.77. The molecule has 3 rings (SSSR count). The number of alkyl halides is 3. The van der Waals surface area contributed by atoms with Crippen LogP contribution in [-0.2, 0) is 9.84 Å². The van der Waals surface area contributed by atoms with E-state index in [-0.39, 0.29) is 17.3 Å². The van der Waals surface area contributed by atoms with Gasteiger partial charge in [-0.25, -0.2) is 23.4 Å². The van der Waals surface area contributed by atoms with Crippen molar-refractivity contribution in [2.75, 3.05) is 6.26 Å². The first-order valence-electron chi connectivity index (χ1n) is 9.18. The van der Waals surface area contributed by atoms with E-state index in [1.807, 2.05) is 0 Å². The first-order chi connectivity index (χ1) is 15.7. The number of carbonyl (C=O) groups excluding carboxylic acids is 2. The molecular weight excluding hydrogens is 483 g/mol. The van der Waals surface area contributed by atoms with Gasteiger partial charge < -0.3 is 15.8 Å². The van der Waals surface area contributed by atoms with Gasteiger partial charge in [0.05, 0.1) is 10.9 Å². The molecule has 1 atom stereocenters. The number of sulfone groups is 1. The predicted molar refractivity (Wildman–Crippen MR) is 108 cm³/mol. The van der Waals surface area contributed by atoms with Crippen LogP contribution in [0.15, 0.2) is 41.8 Å². The van der Waals surface area contributed by atoms with Crippen LogP contribution in [0.1, 0.15) is 39.6 Å². The van der Waals surface area contributed by atoms with Crippen molar-refractivity contribution in [3.63, 3.8) is 0 Å². The molecule has 0 aliphatic heterocycles. The Morgan fingerprint density at radius 2 is 1.82 bits per heavy atom. The summed E-state index contributed by atoms with van der Waals surface area (Å²) >= 11 is 0. The topological polar surface area (TPSA) is 172 Å². The molecule has 0 radical (unpaired) electrons. The van der Waals surface area contributed by atoms with Crippen molar-refractivity contribution in [1.29, 1.82) is 0 Å². The molecule has 0 unspecified atom stereocenters. The number of ether oxygens (including phenoxy) is 1. The van der Waals surface area contributed by atoms with Gasteiger partial charge in [-0.3, -0.25) is 9.59 Å². The summed E-state index contributed by atoms with van der Waals surface area (Å²) in [6.45, 7) is 1.49. The molecule has 3 aromatic rings. The molecule has 16 heteroatoms. The lowest BCUT2D eigenvalue weighted by molar-refractivity contribution is -0.274. The zero-order chi connectivity index (χ0) is 25.3. The zero-order valence-electron chi connectivity index (χ0n) is 17.4. The van der Waals surface area contributed by atoms with Crippen molar-refractivity contribution in [2.24, 2.45) is 5.73 Å². The number of nitrogens with zero attached hydrogens (tertiary/aromatic N) is 5. The van der Waals surface area contributed by atoms with Crippen LogP contribution < -0.4 is 15.8 Å². The molecule has 0 saturated carbocycles. The molecule has 0 spiro atoms. The van der Waals surface area contributed by atoms with Crippen LogP contribution in [0.2, 0.25) is 0 Å². The van der Waals surface area contributed by atoms with Crippen LogP contribution in [-0.4, -0.2) is 57.6 Å². The van der Waals surface area contributed by atoms with E-state index in [4.69, 9.17) is 5.73 Å². The molecule has 0 aliphatic rings. The molecule has 34 heavy (non-hydrogen) atoms. The van der Waals surface area contributed by atoms with Crippen LogP contribution in [0, 0.1) is 0 Å². The van der Waals surface area contributed by atoms with Crippen molar-refractivity contribution in [3.8, 4) is 11.6 Å². The average molecular weight is 499 g/mol. The van der Waals surface area contributed by atoms with Crippen molar-refractivity contribution in [2.45, 2.75) is 24.2 Å². The number of hydrogen-bond acceptors (Lipinski definition) is 9. The van der Waals surface area contributed by atoms with Gasteiger partial charge in [-0.1, -0.05) is 0 Å². The normalized spacial score (nSPS) is 12.7. The van der Waals surface area contributed by atoms with E-state index in [0.29, 0.717) is 6.07 Å². The number of nitrogens with two attached hydrogens (primary N) is 1. The second kappa shape index (κ2) is 9.05. The maximum atomic E-state index is 12.8. The number of hydrogen-bond donors (Lipinski definition) is 2. The lowest BCUT2D eigenvalue weighted by Gasteiger charge is -2.16. The Balaban J connectivity index is 1.91. The first-order valence-corrected chi connectivity index (χ1v) is 11.1. The van der Waals surface area contributed by atoms with Crippen LogP contribution in [0.3, 0.4) is 0 Å². The van der Waals surface area contributed by atoms with Crippen molar-refractivity contribution in [1.82, 2.24) is 30.0 Å². The molecule has 0 bridgehead atoms. The average Bonchev–Trinajstić information content (AvgIpc) is 3.22. The summed E-state index contributed by atoms with van der Waals surface area (Å²) < 4.78 is 66.7. The minimum Gasteiger partial charge on any atom is -0.406 e. The molecule has 0 aliphatic carbocycles. The number of benzene rings is 1. The van der Waals surface area contributed by atoms with Gasteiger partial charge in [0.2, 0.25) is 0 Å². The Morgan fingerprint density at radius 3 is 2.44 bits per heavy atom. The van der Waals surface area contributed by atoms with E-state index >= 15 is 0 Å². The van der Waals surface area contributed by atoms with Crippen molar-refractivity contribution in [3.05, 3.63) is 54.0 Å². The predicted octanol–water partition coefficient (Wildman–Crippen LogP) is 0.949. The third-order valence-corrected chi connectivity index (χ3v) is 5.33. The van der Waals surface area contributed by atoms with Crippen LogP contribution in [0.5, 0.6) is 5.75 Å². The number of primary amides is 1. The molecule has 2 aromatic heterocycles. The zero-order valence-corrected chi connectivity index (χ0v) is 18.3. The number of nitrogens with one attached hydrogen (secondary N) is 1. The third-order valence-electron chi connectivity index (χ3n) is 4.24. The van der Waals surface area contributed by atoms with Crippen molar-refractivity contribution < 1.29 is 35.9 Å². The second-order valence-corrected chi connectivity index (χ2v) is 8.88. The van der Waals surface area contributed by atoms with E-state index in [1.54, 1.807) is 0 Å². The number of rotatable bonds is 7. The SMILES string of the molecule is C[C@H](NC(=O)c1cc(OC(F)(F)F)cc(S(C)(=O)=O)c1)c1ncnn1-c1cc(C(N)=O)ncn1. The van der Waals surface area contributed by atoms with Crippen LogP contribution in [0.4, 0.5) is 13.2 Å². The molecule has 180 valence electrons. The Bertz CT molecular complexity index is 1360. The number of amides is 2. The molecule has 0 saturated heterocycles. The van der Waals surface area contributed by atoms with Crippen LogP contribution in [0.25, 0.3) is 5.82 Å².